The number of nitrogens with zero attached hydrogens (tertiary/aromatic N) is 1. The molecule has 2 saturated heterocycles. The third-order valence-corrected chi connectivity index (χ3v) is 6.43. The molecule has 0 spiro atoms. The number of hydrogen-bond acceptors (Lipinski definition) is 5. The van der Waals surface area contributed by atoms with Gasteiger partial charge < -0.3 is 15.2 Å². The average molecular weight is 326 g/mol. The van der Waals surface area contributed by atoms with Gasteiger partial charge in [0.1, 0.15) is 0 Å². The fraction of sp³-hybridized carbons (Fsp3) is 0.467. The Hall–Kier alpha value is -0.530. The number of aliphatic carboxylic acids is 1. The summed E-state index contributed by atoms with van der Waals surface area (Å²) in [5.41, 5.74) is -0.0299. The number of hydrogen-bond donors (Lipinski definition) is 1. The molecule has 3 aliphatic rings. The van der Waals surface area contributed by atoms with Crippen LogP contribution >= 0.6 is 11.8 Å². The summed E-state index contributed by atoms with van der Waals surface area (Å²) in [7, 11) is 0. The van der Waals surface area contributed by atoms with Crippen LogP contribution in [0.25, 0.3) is 0 Å². The van der Waals surface area contributed by atoms with Crippen LogP contribution < -0.4 is 40.0 Å². The molecular formula is C15H15N2NaO3S. The summed E-state index contributed by atoms with van der Waals surface area (Å²) in [5.74, 6) is -1.17. The zero-order valence-electron chi connectivity index (χ0n) is 12.3. The van der Waals surface area contributed by atoms with Gasteiger partial charge in [-0.3, -0.25) is 9.69 Å². The number of carboxylic acids is 1. The molecule has 1 N–H and O–H groups in total. The van der Waals surface area contributed by atoms with Gasteiger partial charge in [-0.05, 0) is 12.0 Å². The molecule has 22 heavy (non-hydrogen) atoms. The fourth-order valence-corrected chi connectivity index (χ4v) is 5.46. The van der Waals surface area contributed by atoms with Crippen LogP contribution in [0.2, 0.25) is 0 Å². The van der Waals surface area contributed by atoms with Crippen LogP contribution in [-0.2, 0) is 16.0 Å². The van der Waals surface area contributed by atoms with E-state index in [1.54, 1.807) is 11.8 Å². The summed E-state index contributed by atoms with van der Waals surface area (Å²) in [5, 5.41) is 14.7. The van der Waals surface area contributed by atoms with Crippen LogP contribution in [0.15, 0.2) is 30.3 Å². The second-order valence-corrected chi connectivity index (χ2v) is 7.14. The van der Waals surface area contributed by atoms with E-state index in [4.69, 9.17) is 0 Å². The number of thioether (sulfide) groups is 1. The molecule has 4 rings (SSSR count). The normalized spacial score (nSPS) is 34.6. The van der Waals surface area contributed by atoms with Crippen molar-refractivity contribution in [3.05, 3.63) is 35.9 Å². The smallest absolute Gasteiger partial charge is 0.548 e. The van der Waals surface area contributed by atoms with Gasteiger partial charge in [-0.2, -0.15) is 0 Å². The molecule has 0 aromatic heterocycles. The molecule has 5 nitrogen and oxygen atoms in total. The maximum Gasteiger partial charge on any atom is 1.00 e. The van der Waals surface area contributed by atoms with Crippen molar-refractivity contribution < 1.29 is 44.3 Å². The van der Waals surface area contributed by atoms with Gasteiger partial charge >= 0.3 is 29.6 Å². The Bertz CT molecular complexity index is 614. The Labute approximate surface area is 155 Å². The van der Waals surface area contributed by atoms with E-state index in [0.717, 1.165) is 18.5 Å². The average Bonchev–Trinajstić information content (AvgIpc) is 2.94. The second-order valence-electron chi connectivity index (χ2n) is 5.81. The van der Waals surface area contributed by atoms with Gasteiger partial charge in [-0.15, -0.1) is 11.8 Å². The fourth-order valence-electron chi connectivity index (χ4n) is 3.52. The number of carbonyl (C=O) groups is 2. The zero-order valence-corrected chi connectivity index (χ0v) is 15.1. The van der Waals surface area contributed by atoms with Crippen molar-refractivity contribution in [2.24, 2.45) is 0 Å². The third kappa shape index (κ3) is 2.24. The molecule has 4 unspecified atom stereocenters. The van der Waals surface area contributed by atoms with Crippen LogP contribution in [-0.4, -0.2) is 45.5 Å². The molecule has 0 radical (unpaired) electrons. The summed E-state index contributed by atoms with van der Waals surface area (Å²) in [6, 6.07) is 9.14. The first-order valence-electron chi connectivity index (χ1n) is 7.11. The molecule has 7 heteroatoms. The van der Waals surface area contributed by atoms with Crippen LogP contribution in [0.4, 0.5) is 0 Å². The van der Waals surface area contributed by atoms with Gasteiger partial charge in [0.05, 0.1) is 34.6 Å². The van der Waals surface area contributed by atoms with Crippen LogP contribution in [0, 0.1) is 0 Å². The summed E-state index contributed by atoms with van der Waals surface area (Å²) in [6.45, 7) is 0.785. The molecular weight excluding hydrogens is 311 g/mol. The van der Waals surface area contributed by atoms with Crippen molar-refractivity contribution in [1.29, 1.82) is 0 Å². The van der Waals surface area contributed by atoms with E-state index in [9.17, 15) is 14.7 Å². The molecule has 2 aliphatic heterocycles. The minimum absolute atomic E-state index is 0. The Morgan fingerprint density at radius 3 is 2.68 bits per heavy atom. The minimum Gasteiger partial charge on any atom is -0.548 e. The number of fused-ring (bicyclic) bond motifs is 3. The first kappa shape index (κ1) is 16.3. The van der Waals surface area contributed by atoms with Gasteiger partial charge in [0.15, 0.2) is 0 Å². The molecule has 1 aliphatic carbocycles. The molecule has 0 bridgehead atoms. The Morgan fingerprint density at radius 1 is 1.36 bits per heavy atom. The van der Waals surface area contributed by atoms with Gasteiger partial charge in [-0.25, -0.2) is 0 Å². The Balaban J connectivity index is 0.00000144. The summed E-state index contributed by atoms with van der Waals surface area (Å²) in [4.78, 5) is 25.7. The minimum atomic E-state index is -1.05. The Morgan fingerprint density at radius 2 is 2.09 bits per heavy atom. The quantitative estimate of drug-likeness (QED) is 0.578. The standard InChI is InChI=1S/C15H16N2O3S.Na/c18-10(8-9-4-2-1-3-5-9)16-12-13-15(12,14(19)20)17-7-6-11(17)21-13;/h1-5,11-13H,6-8H2,(H,16,18)(H,19,20);/q;+1/p-1. The monoisotopic (exact) mass is 326 g/mol. The van der Waals surface area contributed by atoms with Crippen molar-refractivity contribution in [2.45, 2.75) is 35.0 Å². The number of rotatable bonds is 4. The van der Waals surface area contributed by atoms with Gasteiger partial charge in [-0.1, -0.05) is 30.3 Å². The number of amides is 1. The van der Waals surface area contributed by atoms with Gasteiger partial charge in [0, 0.05) is 6.54 Å². The SMILES string of the molecule is O=C(Cc1ccccc1)NC1C2SC3CCN3C12C(=O)[O-].[Na+]. The van der Waals surface area contributed by atoms with Crippen molar-refractivity contribution >= 4 is 23.6 Å². The second kappa shape index (κ2) is 5.83. The van der Waals surface area contributed by atoms with E-state index >= 15 is 0 Å². The van der Waals surface area contributed by atoms with Crippen molar-refractivity contribution in [3.8, 4) is 0 Å². The van der Waals surface area contributed by atoms with Crippen LogP contribution in [0.1, 0.15) is 12.0 Å². The van der Waals surface area contributed by atoms with Gasteiger partial charge in [0.2, 0.25) is 5.91 Å². The predicted molar refractivity (Wildman–Crippen MR) is 76.3 cm³/mol. The van der Waals surface area contributed by atoms with E-state index in [1.165, 1.54) is 0 Å². The van der Waals surface area contributed by atoms with Crippen LogP contribution in [0.3, 0.4) is 0 Å². The largest absolute Gasteiger partial charge is 1.00 e. The predicted octanol–water partition coefficient (Wildman–Crippen LogP) is -3.63. The number of carboxylic acid groups (broad SMARTS) is 1. The topological polar surface area (TPSA) is 72.5 Å². The zero-order chi connectivity index (χ0) is 14.6. The third-order valence-electron chi connectivity index (χ3n) is 4.70. The Kier molecular flexibility index (Phi) is 4.33. The van der Waals surface area contributed by atoms with Crippen molar-refractivity contribution in [1.82, 2.24) is 10.2 Å². The van der Waals surface area contributed by atoms with E-state index in [0.29, 0.717) is 5.37 Å². The summed E-state index contributed by atoms with van der Waals surface area (Å²) in [6.07, 6.45) is 1.31. The molecule has 1 aromatic rings. The molecule has 3 fully saturated rings. The molecule has 2 heterocycles. The number of benzene rings is 1. The van der Waals surface area contributed by atoms with E-state index in [-0.39, 0.29) is 53.2 Å². The maximum atomic E-state index is 12.1. The van der Waals surface area contributed by atoms with E-state index in [1.807, 2.05) is 35.2 Å². The van der Waals surface area contributed by atoms with Crippen LogP contribution in [0.5, 0.6) is 0 Å². The van der Waals surface area contributed by atoms with Crippen molar-refractivity contribution in [3.63, 3.8) is 0 Å². The van der Waals surface area contributed by atoms with Gasteiger partial charge in [0.25, 0.3) is 0 Å². The first-order chi connectivity index (χ1) is 10.1. The van der Waals surface area contributed by atoms with Crippen molar-refractivity contribution in [2.75, 3.05) is 6.54 Å². The molecule has 1 amide bonds. The number of nitrogens with one attached hydrogen (secondary N) is 1. The van der Waals surface area contributed by atoms with E-state index in [2.05, 4.69) is 5.32 Å². The summed E-state index contributed by atoms with van der Waals surface area (Å²) < 4.78 is 0. The first-order valence-corrected chi connectivity index (χ1v) is 8.05. The summed E-state index contributed by atoms with van der Waals surface area (Å²) >= 11 is 1.66. The number of carbonyl (C=O) groups excluding carboxylic acids is 2. The maximum absolute atomic E-state index is 12.1. The molecule has 1 saturated carbocycles. The molecule has 4 atom stereocenters. The van der Waals surface area contributed by atoms with E-state index < -0.39 is 11.5 Å². The molecule has 110 valence electrons. The molecule has 1 aromatic carbocycles.